The Labute approximate surface area is 200 Å². The maximum atomic E-state index is 13.2. The van der Waals surface area contributed by atoms with Crippen molar-refractivity contribution in [3.05, 3.63) is 71.3 Å². The second-order valence-electron chi connectivity index (χ2n) is 8.86. The van der Waals surface area contributed by atoms with Crippen LogP contribution in [0.1, 0.15) is 49.3 Å². The number of aryl methyl sites for hydroxylation is 2. The van der Waals surface area contributed by atoms with Crippen LogP contribution in [0.3, 0.4) is 0 Å². The van der Waals surface area contributed by atoms with Gasteiger partial charge in [0, 0.05) is 49.0 Å². The minimum Gasteiger partial charge on any atom is -0.355 e. The average molecular weight is 466 g/mol. The summed E-state index contributed by atoms with van der Waals surface area (Å²) in [6, 6.07) is 10.6. The third kappa shape index (κ3) is 5.65. The highest BCUT2D eigenvalue weighted by atomic mass is 32.2. The van der Waals surface area contributed by atoms with Crippen LogP contribution in [0.15, 0.2) is 53.7 Å². The van der Waals surface area contributed by atoms with Gasteiger partial charge in [-0.2, -0.15) is 5.10 Å². The molecule has 0 aliphatic carbocycles. The van der Waals surface area contributed by atoms with E-state index in [0.29, 0.717) is 11.8 Å². The van der Waals surface area contributed by atoms with E-state index in [2.05, 4.69) is 53.8 Å². The largest absolute Gasteiger partial charge is 0.355 e. The standard InChI is InChI=1S/C26H32FN5S/c1-4-10-31-17-23(15-29-31)33-32-11-9-24(19(3)16-32)25-13-20(14-28)26(12-18(25)2)30-22-7-5-21(27)6-8-22/h5-8,12-15,17,19,24,28,30H,4,9-11,16H2,1-3H3. The van der Waals surface area contributed by atoms with Gasteiger partial charge in [0.1, 0.15) is 5.82 Å². The minimum atomic E-state index is -0.257. The zero-order valence-electron chi connectivity index (χ0n) is 19.5. The zero-order valence-corrected chi connectivity index (χ0v) is 20.3. The molecule has 5 nitrogen and oxygen atoms in total. The van der Waals surface area contributed by atoms with Crippen LogP contribution in [-0.2, 0) is 6.54 Å². The molecule has 0 radical (unpaired) electrons. The molecule has 2 atom stereocenters. The number of nitrogens with one attached hydrogen (secondary N) is 2. The molecule has 1 aliphatic rings. The predicted molar refractivity (Wildman–Crippen MR) is 135 cm³/mol. The summed E-state index contributed by atoms with van der Waals surface area (Å²) in [5.74, 6) is 0.709. The Morgan fingerprint density at radius 3 is 2.76 bits per heavy atom. The molecule has 2 heterocycles. The van der Waals surface area contributed by atoms with E-state index in [-0.39, 0.29) is 5.82 Å². The van der Waals surface area contributed by atoms with E-state index in [1.165, 1.54) is 34.4 Å². The van der Waals surface area contributed by atoms with Crippen molar-refractivity contribution in [1.82, 2.24) is 14.1 Å². The lowest BCUT2D eigenvalue weighted by atomic mass is 9.79. The SMILES string of the molecule is CCCn1cc(SN2CCC(c3cc(C=N)c(Nc4ccc(F)cc4)cc3C)C(C)C2)cn1. The number of hydrogen-bond donors (Lipinski definition) is 2. The summed E-state index contributed by atoms with van der Waals surface area (Å²) >= 11 is 1.81. The number of anilines is 2. The number of benzene rings is 2. The highest BCUT2D eigenvalue weighted by Gasteiger charge is 2.29. The van der Waals surface area contributed by atoms with Crippen LogP contribution in [0.5, 0.6) is 0 Å². The van der Waals surface area contributed by atoms with Gasteiger partial charge < -0.3 is 10.7 Å². The second kappa shape index (κ2) is 10.5. The van der Waals surface area contributed by atoms with Gasteiger partial charge in [-0.3, -0.25) is 4.68 Å². The maximum Gasteiger partial charge on any atom is 0.123 e. The summed E-state index contributed by atoms with van der Waals surface area (Å²) in [5, 5.41) is 15.8. The van der Waals surface area contributed by atoms with Crippen LogP contribution in [0.25, 0.3) is 0 Å². The molecule has 2 aromatic carbocycles. The Bertz CT molecular complexity index is 1090. The Kier molecular flexibility index (Phi) is 7.50. The smallest absolute Gasteiger partial charge is 0.123 e. The molecule has 174 valence electrons. The zero-order chi connectivity index (χ0) is 23.4. The number of rotatable bonds is 8. The monoisotopic (exact) mass is 465 g/mol. The number of piperidine rings is 1. The Balaban J connectivity index is 1.46. The van der Waals surface area contributed by atoms with Gasteiger partial charge in [0.15, 0.2) is 0 Å². The summed E-state index contributed by atoms with van der Waals surface area (Å²) in [6.07, 6.45) is 7.67. The van der Waals surface area contributed by atoms with Crippen LogP contribution >= 0.6 is 11.9 Å². The molecule has 4 rings (SSSR count). The highest BCUT2D eigenvalue weighted by molar-refractivity contribution is 7.97. The quantitative estimate of drug-likeness (QED) is 0.290. The van der Waals surface area contributed by atoms with Gasteiger partial charge >= 0.3 is 0 Å². The van der Waals surface area contributed by atoms with Crippen LogP contribution in [0.2, 0.25) is 0 Å². The maximum absolute atomic E-state index is 13.2. The predicted octanol–water partition coefficient (Wildman–Crippen LogP) is 6.61. The topological polar surface area (TPSA) is 56.9 Å². The summed E-state index contributed by atoms with van der Waals surface area (Å²) in [5.41, 5.74) is 5.09. The van der Waals surface area contributed by atoms with Gasteiger partial charge in [-0.25, -0.2) is 8.70 Å². The summed E-state index contributed by atoms with van der Waals surface area (Å²) < 4.78 is 17.7. The molecule has 0 saturated carbocycles. The Morgan fingerprint density at radius 1 is 1.27 bits per heavy atom. The van der Waals surface area contributed by atoms with E-state index in [1.807, 2.05) is 10.9 Å². The molecule has 2 unspecified atom stereocenters. The van der Waals surface area contributed by atoms with E-state index in [4.69, 9.17) is 5.41 Å². The number of halogens is 1. The number of nitrogens with zero attached hydrogens (tertiary/aromatic N) is 3. The molecule has 1 aliphatic heterocycles. The molecule has 3 aromatic rings. The number of hydrogen-bond acceptors (Lipinski definition) is 5. The molecule has 1 saturated heterocycles. The fourth-order valence-corrected chi connectivity index (χ4v) is 5.67. The lowest BCUT2D eigenvalue weighted by molar-refractivity contribution is 0.264. The van der Waals surface area contributed by atoms with E-state index >= 15 is 0 Å². The average Bonchev–Trinajstić information content (AvgIpc) is 3.23. The van der Waals surface area contributed by atoms with Gasteiger partial charge in [0.25, 0.3) is 0 Å². The molecule has 0 amide bonds. The summed E-state index contributed by atoms with van der Waals surface area (Å²) in [7, 11) is 0. The minimum absolute atomic E-state index is 0.257. The highest BCUT2D eigenvalue weighted by Crippen LogP contribution is 2.39. The van der Waals surface area contributed by atoms with Gasteiger partial charge in [-0.05, 0) is 91.1 Å². The first-order valence-corrected chi connectivity index (χ1v) is 12.4. The molecule has 1 fully saturated rings. The van der Waals surface area contributed by atoms with Crippen molar-refractivity contribution in [2.45, 2.75) is 51.0 Å². The normalized spacial score (nSPS) is 18.9. The fraction of sp³-hybridized carbons (Fsp3) is 0.385. The van der Waals surface area contributed by atoms with Crippen LogP contribution in [-0.4, -0.2) is 33.4 Å². The van der Waals surface area contributed by atoms with E-state index in [9.17, 15) is 4.39 Å². The molecule has 1 aromatic heterocycles. The van der Waals surface area contributed by atoms with Crippen molar-refractivity contribution in [2.24, 2.45) is 5.92 Å². The Hall–Kier alpha value is -2.64. The first kappa shape index (κ1) is 23.5. The van der Waals surface area contributed by atoms with Crippen molar-refractivity contribution in [2.75, 3.05) is 18.4 Å². The van der Waals surface area contributed by atoms with Gasteiger partial charge in [-0.1, -0.05) is 13.8 Å². The van der Waals surface area contributed by atoms with E-state index < -0.39 is 0 Å². The fourth-order valence-electron chi connectivity index (χ4n) is 4.60. The van der Waals surface area contributed by atoms with Crippen LogP contribution in [0, 0.1) is 24.1 Å². The molecule has 0 spiro atoms. The van der Waals surface area contributed by atoms with Gasteiger partial charge in [0.05, 0.1) is 11.1 Å². The van der Waals surface area contributed by atoms with Crippen LogP contribution in [0.4, 0.5) is 15.8 Å². The first-order valence-electron chi connectivity index (χ1n) is 11.6. The Morgan fingerprint density at radius 2 is 2.06 bits per heavy atom. The van der Waals surface area contributed by atoms with Crippen LogP contribution < -0.4 is 5.32 Å². The second-order valence-corrected chi connectivity index (χ2v) is 10.0. The van der Waals surface area contributed by atoms with Gasteiger partial charge in [0.2, 0.25) is 0 Å². The molecule has 2 N–H and O–H groups in total. The van der Waals surface area contributed by atoms with Crippen molar-refractivity contribution < 1.29 is 4.39 Å². The van der Waals surface area contributed by atoms with Crippen molar-refractivity contribution in [3.63, 3.8) is 0 Å². The van der Waals surface area contributed by atoms with Gasteiger partial charge in [-0.15, -0.1) is 0 Å². The molecule has 0 bridgehead atoms. The summed E-state index contributed by atoms with van der Waals surface area (Å²) in [6.45, 7) is 9.63. The molecular formula is C26H32FN5S. The molecule has 7 heteroatoms. The lowest BCUT2D eigenvalue weighted by Gasteiger charge is -2.37. The van der Waals surface area contributed by atoms with E-state index in [1.54, 1.807) is 24.1 Å². The van der Waals surface area contributed by atoms with Crippen molar-refractivity contribution in [1.29, 1.82) is 5.41 Å². The molecular weight excluding hydrogens is 433 g/mol. The van der Waals surface area contributed by atoms with E-state index in [0.717, 1.165) is 49.4 Å². The first-order chi connectivity index (χ1) is 16.0. The number of aromatic nitrogens is 2. The third-order valence-corrected chi connectivity index (χ3v) is 7.29. The van der Waals surface area contributed by atoms with Crippen molar-refractivity contribution in [3.8, 4) is 0 Å². The third-order valence-electron chi connectivity index (χ3n) is 6.28. The van der Waals surface area contributed by atoms with Crippen molar-refractivity contribution >= 4 is 29.5 Å². The lowest BCUT2D eigenvalue weighted by Crippen LogP contribution is -2.34. The summed E-state index contributed by atoms with van der Waals surface area (Å²) in [4.78, 5) is 1.20. The molecule has 33 heavy (non-hydrogen) atoms.